The Kier molecular flexibility index (Phi) is 7.56. The van der Waals surface area contributed by atoms with Crippen molar-refractivity contribution in [3.8, 4) is 0 Å². The van der Waals surface area contributed by atoms with Crippen molar-refractivity contribution in [2.24, 2.45) is 0 Å². The molecule has 1 fully saturated rings. The zero-order valence-corrected chi connectivity index (χ0v) is 21.1. The lowest BCUT2D eigenvalue weighted by molar-refractivity contribution is -0.384. The van der Waals surface area contributed by atoms with Gasteiger partial charge in [-0.15, -0.1) is 0 Å². The van der Waals surface area contributed by atoms with Crippen LogP contribution in [0.5, 0.6) is 0 Å². The first kappa shape index (κ1) is 25.9. The lowest BCUT2D eigenvalue weighted by Crippen LogP contribution is -2.49. The van der Waals surface area contributed by atoms with Crippen molar-refractivity contribution in [3.05, 3.63) is 79.6 Å². The van der Waals surface area contributed by atoms with Crippen LogP contribution >= 0.6 is 0 Å². The number of amides is 2. The van der Waals surface area contributed by atoms with E-state index in [1.807, 2.05) is 13.8 Å². The van der Waals surface area contributed by atoms with Crippen molar-refractivity contribution in [2.75, 3.05) is 12.4 Å². The summed E-state index contributed by atoms with van der Waals surface area (Å²) in [6.45, 7) is 3.82. The fraction of sp³-hybridized carbons (Fsp3) is 0.370. The monoisotopic (exact) mass is 505 g/mol. The predicted molar refractivity (Wildman–Crippen MR) is 142 cm³/mol. The number of pyridine rings is 1. The predicted octanol–water partition coefficient (Wildman–Crippen LogP) is 4.07. The van der Waals surface area contributed by atoms with E-state index in [0.717, 1.165) is 12.8 Å². The van der Waals surface area contributed by atoms with Crippen LogP contribution in [0.15, 0.2) is 47.3 Å². The molecular weight excluding hydrogens is 474 g/mol. The molecule has 0 bridgehead atoms. The third kappa shape index (κ3) is 5.47. The highest BCUT2D eigenvalue weighted by molar-refractivity contribution is 6.06. The molecule has 1 heterocycles. The lowest BCUT2D eigenvalue weighted by Gasteiger charge is -2.34. The van der Waals surface area contributed by atoms with Gasteiger partial charge in [0.15, 0.2) is 0 Å². The summed E-state index contributed by atoms with van der Waals surface area (Å²) >= 11 is 0. The van der Waals surface area contributed by atoms with E-state index in [9.17, 15) is 24.5 Å². The molecule has 2 aromatic carbocycles. The molecule has 4 N–H and O–H groups in total. The van der Waals surface area contributed by atoms with Gasteiger partial charge < -0.3 is 20.9 Å². The van der Waals surface area contributed by atoms with E-state index in [4.69, 9.17) is 0 Å². The Labute approximate surface area is 214 Å². The number of fused-ring (bicyclic) bond motifs is 1. The summed E-state index contributed by atoms with van der Waals surface area (Å²) < 4.78 is 0. The number of carbonyl (C=O) groups excluding carboxylic acids is 2. The average molecular weight is 506 g/mol. The van der Waals surface area contributed by atoms with Crippen LogP contribution in [-0.4, -0.2) is 40.9 Å². The number of nitrogens with one attached hydrogen (secondary N) is 4. The van der Waals surface area contributed by atoms with Gasteiger partial charge in [-0.1, -0.05) is 44.9 Å². The van der Waals surface area contributed by atoms with Crippen LogP contribution in [0.3, 0.4) is 0 Å². The summed E-state index contributed by atoms with van der Waals surface area (Å²) in [4.78, 5) is 52.5. The molecule has 1 saturated carbocycles. The number of hydrogen-bond acceptors (Lipinski definition) is 6. The number of rotatable bonds is 7. The minimum Gasteiger partial charge on any atom is -0.374 e. The molecule has 0 aliphatic heterocycles. The molecule has 1 aromatic heterocycles. The second-order valence-electron chi connectivity index (χ2n) is 9.66. The van der Waals surface area contributed by atoms with E-state index >= 15 is 0 Å². The molecule has 0 unspecified atom stereocenters. The second-order valence-corrected chi connectivity index (χ2v) is 9.66. The Hall–Kier alpha value is -4.21. The third-order valence-corrected chi connectivity index (χ3v) is 6.88. The highest BCUT2D eigenvalue weighted by Crippen LogP contribution is 2.35. The van der Waals surface area contributed by atoms with Crippen LogP contribution in [-0.2, 0) is 0 Å². The highest BCUT2D eigenvalue weighted by atomic mass is 16.6. The van der Waals surface area contributed by atoms with Gasteiger partial charge in [-0.2, -0.15) is 0 Å². The first-order valence-electron chi connectivity index (χ1n) is 12.4. The summed E-state index contributed by atoms with van der Waals surface area (Å²) in [5.74, 6) is -0.835. The second kappa shape index (κ2) is 10.8. The van der Waals surface area contributed by atoms with Gasteiger partial charge in [-0.3, -0.25) is 24.5 Å². The number of hydrogen-bond donors (Lipinski definition) is 4. The number of aromatic amines is 1. The topological polar surface area (TPSA) is 146 Å². The van der Waals surface area contributed by atoms with Crippen molar-refractivity contribution in [2.45, 2.75) is 57.5 Å². The molecular formula is C27H31N5O5. The molecule has 0 spiro atoms. The van der Waals surface area contributed by atoms with E-state index in [1.165, 1.54) is 19.2 Å². The van der Waals surface area contributed by atoms with Gasteiger partial charge in [-0.05, 0) is 36.5 Å². The smallest absolute Gasteiger partial charge is 0.293 e. The Morgan fingerprint density at radius 1 is 1.03 bits per heavy atom. The van der Waals surface area contributed by atoms with Crippen LogP contribution < -0.4 is 21.5 Å². The minimum atomic E-state index is -0.487. The molecule has 2 amide bonds. The van der Waals surface area contributed by atoms with Gasteiger partial charge in [0.25, 0.3) is 17.5 Å². The Morgan fingerprint density at radius 3 is 2.41 bits per heavy atom. The largest absolute Gasteiger partial charge is 0.374 e. The van der Waals surface area contributed by atoms with Crippen LogP contribution in [0.4, 0.5) is 11.4 Å². The molecule has 10 heteroatoms. The standard InChI is InChI=1S/C27H31N5O5/c1-15(2)16-12-19(26(34)28-3)25(23(13-16)32(36)37)30-21-10-6-7-11-22(21)31-27(35)18-14-24(33)29-20-9-5-4-8-17(18)20/h4-5,8-9,12-15,21-22,30H,6-7,10-11H2,1-3H3,(H,28,34)(H,29,33)(H,31,35)/t21-,22+/m1/s1. The molecule has 194 valence electrons. The van der Waals surface area contributed by atoms with Gasteiger partial charge >= 0.3 is 0 Å². The molecule has 2 atom stereocenters. The molecule has 1 aliphatic rings. The first-order valence-corrected chi connectivity index (χ1v) is 12.4. The number of nitro groups is 1. The zero-order valence-electron chi connectivity index (χ0n) is 21.1. The number of nitro benzene ring substituents is 1. The summed E-state index contributed by atoms with van der Waals surface area (Å²) in [5, 5.41) is 21.5. The number of para-hydroxylation sites is 1. The summed E-state index contributed by atoms with van der Waals surface area (Å²) in [5.41, 5.74) is 1.29. The van der Waals surface area contributed by atoms with Gasteiger partial charge in [0.1, 0.15) is 5.69 Å². The Balaban J connectivity index is 1.68. The highest BCUT2D eigenvalue weighted by Gasteiger charge is 2.32. The quantitative estimate of drug-likeness (QED) is 0.281. The van der Waals surface area contributed by atoms with Crippen LogP contribution in [0, 0.1) is 10.1 Å². The minimum absolute atomic E-state index is 0.0123. The Bertz CT molecular complexity index is 1410. The van der Waals surface area contributed by atoms with Gasteiger partial charge in [0, 0.05) is 42.2 Å². The van der Waals surface area contributed by atoms with E-state index < -0.39 is 16.7 Å². The number of carbonyl (C=O) groups is 2. The summed E-state index contributed by atoms with van der Waals surface area (Å²) in [7, 11) is 1.48. The van der Waals surface area contributed by atoms with E-state index in [2.05, 4.69) is 20.9 Å². The van der Waals surface area contributed by atoms with Gasteiger partial charge in [0.2, 0.25) is 5.56 Å². The average Bonchev–Trinajstić information content (AvgIpc) is 2.88. The Morgan fingerprint density at radius 2 is 1.73 bits per heavy atom. The lowest BCUT2D eigenvalue weighted by atomic mass is 9.89. The number of anilines is 1. The molecule has 10 nitrogen and oxygen atoms in total. The number of benzene rings is 2. The molecule has 0 radical (unpaired) electrons. The van der Waals surface area contributed by atoms with Crippen molar-refractivity contribution in [1.82, 2.24) is 15.6 Å². The number of H-pyrrole nitrogens is 1. The SMILES string of the molecule is CNC(=O)c1cc(C(C)C)cc([N+](=O)[O-])c1N[C@@H]1CCCC[C@@H]1NC(=O)c1cc(=O)[nH]c2ccccc12. The van der Waals surface area contributed by atoms with Crippen molar-refractivity contribution in [1.29, 1.82) is 0 Å². The van der Waals surface area contributed by atoms with Crippen LogP contribution in [0.1, 0.15) is 71.7 Å². The first-order chi connectivity index (χ1) is 17.7. The van der Waals surface area contributed by atoms with Crippen LogP contribution in [0.2, 0.25) is 0 Å². The molecule has 4 rings (SSSR count). The van der Waals surface area contributed by atoms with E-state index in [1.54, 1.807) is 30.3 Å². The molecule has 3 aromatic rings. The van der Waals surface area contributed by atoms with Crippen molar-refractivity contribution in [3.63, 3.8) is 0 Å². The summed E-state index contributed by atoms with van der Waals surface area (Å²) in [6, 6.07) is 10.8. The fourth-order valence-electron chi connectivity index (χ4n) is 4.89. The molecule has 37 heavy (non-hydrogen) atoms. The van der Waals surface area contributed by atoms with Crippen molar-refractivity contribution < 1.29 is 14.5 Å². The number of nitrogens with zero attached hydrogens (tertiary/aromatic N) is 1. The molecule has 1 aliphatic carbocycles. The van der Waals surface area contributed by atoms with E-state index in [-0.39, 0.29) is 46.1 Å². The maximum atomic E-state index is 13.3. The van der Waals surface area contributed by atoms with Gasteiger partial charge in [-0.25, -0.2) is 0 Å². The molecule has 0 saturated heterocycles. The fourth-order valence-corrected chi connectivity index (χ4v) is 4.89. The third-order valence-electron chi connectivity index (χ3n) is 6.88. The van der Waals surface area contributed by atoms with Crippen molar-refractivity contribution >= 4 is 34.1 Å². The maximum Gasteiger partial charge on any atom is 0.293 e. The zero-order chi connectivity index (χ0) is 26.7. The summed E-state index contributed by atoms with van der Waals surface area (Å²) in [6.07, 6.45) is 3.04. The normalized spacial score (nSPS) is 17.4. The number of aromatic nitrogens is 1. The maximum absolute atomic E-state index is 13.3. The van der Waals surface area contributed by atoms with Gasteiger partial charge in [0.05, 0.1) is 16.1 Å². The van der Waals surface area contributed by atoms with Crippen LogP contribution in [0.25, 0.3) is 10.9 Å². The van der Waals surface area contributed by atoms with E-state index in [0.29, 0.717) is 29.3 Å².